The minimum atomic E-state index is -0.342. The minimum Gasteiger partial charge on any atom is -0.356 e. The van der Waals surface area contributed by atoms with Gasteiger partial charge in [-0.2, -0.15) is 0 Å². The van der Waals surface area contributed by atoms with Gasteiger partial charge in [-0.3, -0.25) is 9.59 Å². The smallest absolute Gasteiger partial charge is 0.240 e. The molecular formula is C14H25N3O2. The summed E-state index contributed by atoms with van der Waals surface area (Å²) < 4.78 is 0. The van der Waals surface area contributed by atoms with Crippen LogP contribution >= 0.6 is 0 Å². The molecule has 1 heterocycles. The SMILES string of the molecule is CN1CCNC(CC(=O)NCC2CCCCC2)C1=O. The highest BCUT2D eigenvalue weighted by Gasteiger charge is 2.27. The van der Waals surface area contributed by atoms with E-state index in [0.29, 0.717) is 5.92 Å². The van der Waals surface area contributed by atoms with Gasteiger partial charge in [0, 0.05) is 26.7 Å². The molecule has 2 N–H and O–H groups in total. The van der Waals surface area contributed by atoms with Crippen molar-refractivity contribution in [1.29, 1.82) is 0 Å². The third-order valence-corrected chi connectivity index (χ3v) is 4.21. The van der Waals surface area contributed by atoms with E-state index in [1.165, 1.54) is 32.1 Å². The van der Waals surface area contributed by atoms with E-state index in [1.54, 1.807) is 11.9 Å². The highest BCUT2D eigenvalue weighted by Crippen LogP contribution is 2.22. The van der Waals surface area contributed by atoms with Crippen molar-refractivity contribution >= 4 is 11.8 Å². The van der Waals surface area contributed by atoms with Crippen LogP contribution in [0.4, 0.5) is 0 Å². The van der Waals surface area contributed by atoms with Crippen LogP contribution in [0.15, 0.2) is 0 Å². The highest BCUT2D eigenvalue weighted by molar-refractivity contribution is 5.88. The van der Waals surface area contributed by atoms with E-state index >= 15 is 0 Å². The lowest BCUT2D eigenvalue weighted by atomic mass is 9.89. The van der Waals surface area contributed by atoms with Crippen LogP contribution in [0, 0.1) is 5.92 Å². The highest BCUT2D eigenvalue weighted by atomic mass is 16.2. The molecule has 19 heavy (non-hydrogen) atoms. The van der Waals surface area contributed by atoms with Crippen molar-refractivity contribution in [1.82, 2.24) is 15.5 Å². The third-order valence-electron chi connectivity index (χ3n) is 4.21. The third kappa shape index (κ3) is 4.20. The van der Waals surface area contributed by atoms with Gasteiger partial charge in [-0.1, -0.05) is 19.3 Å². The van der Waals surface area contributed by atoms with Crippen molar-refractivity contribution in [2.24, 2.45) is 5.92 Å². The summed E-state index contributed by atoms with van der Waals surface area (Å²) in [7, 11) is 1.79. The summed E-state index contributed by atoms with van der Waals surface area (Å²) in [6.07, 6.45) is 6.61. The first kappa shape index (κ1) is 14.3. The number of nitrogens with one attached hydrogen (secondary N) is 2. The van der Waals surface area contributed by atoms with Crippen LogP contribution < -0.4 is 10.6 Å². The Bertz CT molecular complexity index is 327. The maximum Gasteiger partial charge on any atom is 0.240 e. The van der Waals surface area contributed by atoms with Crippen molar-refractivity contribution in [2.75, 3.05) is 26.7 Å². The molecule has 0 aromatic rings. The fourth-order valence-electron chi connectivity index (χ4n) is 2.94. The minimum absolute atomic E-state index is 0.00766. The molecule has 5 heteroatoms. The summed E-state index contributed by atoms with van der Waals surface area (Å²) in [6, 6.07) is -0.342. The van der Waals surface area contributed by atoms with Crippen molar-refractivity contribution in [3.63, 3.8) is 0 Å². The van der Waals surface area contributed by atoms with E-state index in [4.69, 9.17) is 0 Å². The van der Waals surface area contributed by atoms with Gasteiger partial charge in [0.1, 0.15) is 0 Å². The number of hydrogen-bond donors (Lipinski definition) is 2. The number of carbonyl (C=O) groups is 2. The Morgan fingerprint density at radius 1 is 1.37 bits per heavy atom. The second kappa shape index (κ2) is 6.89. The van der Waals surface area contributed by atoms with Crippen molar-refractivity contribution in [3.8, 4) is 0 Å². The largest absolute Gasteiger partial charge is 0.356 e. The van der Waals surface area contributed by atoms with E-state index in [0.717, 1.165) is 19.6 Å². The van der Waals surface area contributed by atoms with Gasteiger partial charge >= 0.3 is 0 Å². The van der Waals surface area contributed by atoms with Crippen LogP contribution in [-0.4, -0.2) is 49.4 Å². The summed E-state index contributed by atoms with van der Waals surface area (Å²) in [5.41, 5.74) is 0. The Labute approximate surface area is 115 Å². The molecule has 2 aliphatic rings. The van der Waals surface area contributed by atoms with Crippen LogP contribution in [0.1, 0.15) is 38.5 Å². The predicted molar refractivity (Wildman–Crippen MR) is 73.6 cm³/mol. The lowest BCUT2D eigenvalue weighted by molar-refractivity contribution is -0.136. The van der Waals surface area contributed by atoms with Crippen molar-refractivity contribution < 1.29 is 9.59 Å². The number of hydrogen-bond acceptors (Lipinski definition) is 3. The zero-order valence-electron chi connectivity index (χ0n) is 11.8. The van der Waals surface area contributed by atoms with Gasteiger partial charge in [0.05, 0.1) is 12.5 Å². The Morgan fingerprint density at radius 3 is 2.84 bits per heavy atom. The average molecular weight is 267 g/mol. The first-order valence-electron chi connectivity index (χ1n) is 7.42. The van der Waals surface area contributed by atoms with E-state index in [9.17, 15) is 9.59 Å². The topological polar surface area (TPSA) is 61.4 Å². The summed E-state index contributed by atoms with van der Waals surface area (Å²) in [5.74, 6) is 0.654. The van der Waals surface area contributed by atoms with Crippen LogP contribution in [0.3, 0.4) is 0 Å². The quantitative estimate of drug-likeness (QED) is 0.780. The Kier molecular flexibility index (Phi) is 5.19. The van der Waals surface area contributed by atoms with Crippen LogP contribution in [-0.2, 0) is 9.59 Å². The number of likely N-dealkylation sites (N-methyl/N-ethyl adjacent to an activating group) is 1. The van der Waals surface area contributed by atoms with E-state index in [2.05, 4.69) is 10.6 Å². The summed E-state index contributed by atoms with van der Waals surface area (Å²) in [6.45, 7) is 2.26. The van der Waals surface area contributed by atoms with E-state index in [-0.39, 0.29) is 24.3 Å². The average Bonchev–Trinajstić information content (AvgIpc) is 2.43. The molecule has 0 radical (unpaired) electrons. The normalized spacial score (nSPS) is 25.4. The number of rotatable bonds is 4. The molecule has 0 bridgehead atoms. The van der Waals surface area contributed by atoms with Crippen LogP contribution in [0.5, 0.6) is 0 Å². The molecule has 1 atom stereocenters. The molecule has 108 valence electrons. The maximum atomic E-state index is 11.9. The Hall–Kier alpha value is -1.10. The molecular weight excluding hydrogens is 242 g/mol. The summed E-state index contributed by atoms with van der Waals surface area (Å²) >= 11 is 0. The lowest BCUT2D eigenvalue weighted by Crippen LogP contribution is -2.54. The molecule has 5 nitrogen and oxygen atoms in total. The molecule has 1 aliphatic heterocycles. The Morgan fingerprint density at radius 2 is 2.11 bits per heavy atom. The van der Waals surface area contributed by atoms with Gasteiger partial charge in [-0.25, -0.2) is 0 Å². The number of carbonyl (C=O) groups excluding carboxylic acids is 2. The van der Waals surface area contributed by atoms with E-state index < -0.39 is 0 Å². The van der Waals surface area contributed by atoms with Gasteiger partial charge in [0.25, 0.3) is 0 Å². The fourth-order valence-corrected chi connectivity index (χ4v) is 2.94. The van der Waals surface area contributed by atoms with Gasteiger partial charge in [0.15, 0.2) is 0 Å². The molecule has 1 saturated carbocycles. The van der Waals surface area contributed by atoms with Crippen molar-refractivity contribution in [3.05, 3.63) is 0 Å². The first-order valence-corrected chi connectivity index (χ1v) is 7.42. The molecule has 1 unspecified atom stereocenters. The van der Waals surface area contributed by atoms with Gasteiger partial charge in [-0.15, -0.1) is 0 Å². The number of nitrogens with zero attached hydrogens (tertiary/aromatic N) is 1. The first-order chi connectivity index (χ1) is 9.16. The Balaban J connectivity index is 1.70. The fraction of sp³-hybridized carbons (Fsp3) is 0.857. The molecule has 2 amide bonds. The molecule has 0 aromatic carbocycles. The van der Waals surface area contributed by atoms with E-state index in [1.807, 2.05) is 0 Å². The number of piperazine rings is 1. The van der Waals surface area contributed by atoms with Crippen LogP contribution in [0.2, 0.25) is 0 Å². The maximum absolute atomic E-state index is 11.9. The molecule has 1 saturated heterocycles. The summed E-state index contributed by atoms with van der Waals surface area (Å²) in [4.78, 5) is 25.4. The predicted octanol–water partition coefficient (Wildman–Crippen LogP) is 0.503. The zero-order valence-corrected chi connectivity index (χ0v) is 11.8. The van der Waals surface area contributed by atoms with Gasteiger partial charge < -0.3 is 15.5 Å². The van der Waals surface area contributed by atoms with Crippen molar-refractivity contribution in [2.45, 2.75) is 44.6 Å². The second-order valence-electron chi connectivity index (χ2n) is 5.78. The monoisotopic (exact) mass is 267 g/mol. The zero-order chi connectivity index (χ0) is 13.7. The molecule has 2 fully saturated rings. The molecule has 2 rings (SSSR count). The van der Waals surface area contributed by atoms with Gasteiger partial charge in [-0.05, 0) is 18.8 Å². The lowest BCUT2D eigenvalue weighted by Gasteiger charge is -2.30. The standard InChI is InChI=1S/C14H25N3O2/c1-17-8-7-15-12(14(17)19)9-13(18)16-10-11-5-3-2-4-6-11/h11-12,15H,2-10H2,1H3,(H,16,18). The second-order valence-corrected chi connectivity index (χ2v) is 5.78. The molecule has 0 aromatic heterocycles. The molecule has 0 spiro atoms. The van der Waals surface area contributed by atoms with Gasteiger partial charge in [0.2, 0.25) is 11.8 Å². The van der Waals surface area contributed by atoms with Crippen LogP contribution in [0.25, 0.3) is 0 Å². The number of amides is 2. The molecule has 1 aliphatic carbocycles. The summed E-state index contributed by atoms with van der Waals surface area (Å²) in [5, 5.41) is 6.10.